The normalized spacial score (nSPS) is 20.8. The van der Waals surface area contributed by atoms with Gasteiger partial charge in [-0.25, -0.2) is 0 Å². The molecular formula is C8H17N3O. The Hall–Kier alpha value is -0.610. The van der Waals surface area contributed by atoms with Crippen LogP contribution in [0.5, 0.6) is 0 Å². The monoisotopic (exact) mass is 171 g/mol. The second kappa shape index (κ2) is 3.87. The van der Waals surface area contributed by atoms with E-state index in [0.717, 1.165) is 25.7 Å². The van der Waals surface area contributed by atoms with Crippen molar-refractivity contribution in [3.63, 3.8) is 0 Å². The van der Waals surface area contributed by atoms with Gasteiger partial charge in [-0.3, -0.25) is 4.79 Å². The van der Waals surface area contributed by atoms with Gasteiger partial charge in [-0.05, 0) is 12.8 Å². The van der Waals surface area contributed by atoms with Crippen molar-refractivity contribution in [2.24, 2.45) is 11.5 Å². The van der Waals surface area contributed by atoms with E-state index in [2.05, 4.69) is 5.32 Å². The minimum absolute atomic E-state index is 0.0573. The third-order valence-electron chi connectivity index (χ3n) is 2.54. The molecule has 0 radical (unpaired) electrons. The van der Waals surface area contributed by atoms with Crippen LogP contribution < -0.4 is 16.8 Å². The lowest BCUT2D eigenvalue weighted by atomic mass is 9.98. The van der Waals surface area contributed by atoms with Crippen molar-refractivity contribution in [2.45, 2.75) is 31.2 Å². The summed E-state index contributed by atoms with van der Waals surface area (Å²) in [6, 6.07) is 0. The lowest BCUT2D eigenvalue weighted by Gasteiger charge is -2.28. The average Bonchev–Trinajstić information content (AvgIpc) is 2.54. The van der Waals surface area contributed by atoms with E-state index in [1.165, 1.54) is 0 Å². The molecule has 0 spiro atoms. The van der Waals surface area contributed by atoms with E-state index in [0.29, 0.717) is 6.54 Å². The standard InChI is InChI=1S/C8H17N3O/c9-5-7(12)11-8(6-10)3-1-2-4-8/h1-6,9-10H2,(H,11,12). The molecule has 0 bridgehead atoms. The van der Waals surface area contributed by atoms with E-state index in [9.17, 15) is 4.79 Å². The molecule has 0 aromatic heterocycles. The molecule has 0 unspecified atom stereocenters. The largest absolute Gasteiger partial charge is 0.348 e. The van der Waals surface area contributed by atoms with Gasteiger partial charge in [0.2, 0.25) is 5.91 Å². The maximum atomic E-state index is 11.0. The van der Waals surface area contributed by atoms with Crippen LogP contribution in [0.15, 0.2) is 0 Å². The van der Waals surface area contributed by atoms with Gasteiger partial charge in [0.05, 0.1) is 12.1 Å². The van der Waals surface area contributed by atoms with Crippen LogP contribution in [0.4, 0.5) is 0 Å². The molecule has 0 saturated heterocycles. The number of rotatable bonds is 3. The van der Waals surface area contributed by atoms with Crippen LogP contribution in [0.1, 0.15) is 25.7 Å². The van der Waals surface area contributed by atoms with Crippen LogP contribution in [0, 0.1) is 0 Å². The van der Waals surface area contributed by atoms with Crippen LogP contribution in [-0.2, 0) is 4.79 Å². The number of carbonyl (C=O) groups is 1. The zero-order valence-electron chi connectivity index (χ0n) is 7.31. The van der Waals surface area contributed by atoms with Crippen molar-refractivity contribution in [3.05, 3.63) is 0 Å². The Morgan fingerprint density at radius 2 is 1.92 bits per heavy atom. The third-order valence-corrected chi connectivity index (χ3v) is 2.54. The van der Waals surface area contributed by atoms with Crippen LogP contribution in [0.3, 0.4) is 0 Å². The summed E-state index contributed by atoms with van der Waals surface area (Å²) in [5.41, 5.74) is 10.7. The molecular weight excluding hydrogens is 154 g/mol. The highest BCUT2D eigenvalue weighted by Crippen LogP contribution is 2.28. The number of nitrogens with one attached hydrogen (secondary N) is 1. The van der Waals surface area contributed by atoms with Crippen molar-refractivity contribution < 1.29 is 4.79 Å². The van der Waals surface area contributed by atoms with Crippen LogP contribution in [0.2, 0.25) is 0 Å². The Morgan fingerprint density at radius 3 is 2.33 bits per heavy atom. The SMILES string of the molecule is NCC(=O)NC1(CN)CCCC1. The Morgan fingerprint density at radius 1 is 1.33 bits per heavy atom. The predicted octanol–water partition coefficient (Wildman–Crippen LogP) is -0.667. The zero-order valence-corrected chi connectivity index (χ0v) is 7.31. The highest BCUT2D eigenvalue weighted by atomic mass is 16.2. The van der Waals surface area contributed by atoms with Crippen LogP contribution in [-0.4, -0.2) is 24.5 Å². The fourth-order valence-electron chi connectivity index (χ4n) is 1.78. The Kier molecular flexibility index (Phi) is 3.05. The second-order valence-electron chi connectivity index (χ2n) is 3.44. The van der Waals surface area contributed by atoms with Gasteiger partial charge >= 0.3 is 0 Å². The van der Waals surface area contributed by atoms with Gasteiger partial charge in [-0.1, -0.05) is 12.8 Å². The first-order chi connectivity index (χ1) is 5.72. The van der Waals surface area contributed by atoms with Gasteiger partial charge < -0.3 is 16.8 Å². The molecule has 0 atom stereocenters. The van der Waals surface area contributed by atoms with Crippen molar-refractivity contribution in [1.29, 1.82) is 0 Å². The maximum absolute atomic E-state index is 11.0. The van der Waals surface area contributed by atoms with Crippen LogP contribution >= 0.6 is 0 Å². The molecule has 0 aromatic carbocycles. The molecule has 5 N–H and O–H groups in total. The summed E-state index contributed by atoms with van der Waals surface area (Å²) in [7, 11) is 0. The quantitative estimate of drug-likeness (QED) is 0.527. The van der Waals surface area contributed by atoms with Crippen molar-refractivity contribution in [3.8, 4) is 0 Å². The minimum Gasteiger partial charge on any atom is -0.348 e. The van der Waals surface area contributed by atoms with Gasteiger partial charge in [-0.15, -0.1) is 0 Å². The fourth-order valence-corrected chi connectivity index (χ4v) is 1.78. The fraction of sp³-hybridized carbons (Fsp3) is 0.875. The van der Waals surface area contributed by atoms with Gasteiger partial charge in [0.1, 0.15) is 0 Å². The van der Waals surface area contributed by atoms with Gasteiger partial charge in [0.15, 0.2) is 0 Å². The van der Waals surface area contributed by atoms with Gasteiger partial charge in [-0.2, -0.15) is 0 Å². The minimum atomic E-state index is -0.142. The topological polar surface area (TPSA) is 81.1 Å². The van der Waals surface area contributed by atoms with E-state index in [4.69, 9.17) is 11.5 Å². The number of carbonyl (C=O) groups excluding carboxylic acids is 1. The summed E-state index contributed by atoms with van der Waals surface area (Å²) >= 11 is 0. The van der Waals surface area contributed by atoms with Crippen LogP contribution in [0.25, 0.3) is 0 Å². The number of nitrogens with two attached hydrogens (primary N) is 2. The summed E-state index contributed by atoms with van der Waals surface area (Å²) in [6.45, 7) is 0.584. The molecule has 4 nitrogen and oxygen atoms in total. The molecule has 12 heavy (non-hydrogen) atoms. The lowest BCUT2D eigenvalue weighted by Crippen LogP contribution is -2.53. The highest BCUT2D eigenvalue weighted by molar-refractivity contribution is 5.78. The molecule has 70 valence electrons. The number of hydrogen-bond acceptors (Lipinski definition) is 3. The molecule has 0 aromatic rings. The molecule has 1 rings (SSSR count). The van der Waals surface area contributed by atoms with Crippen molar-refractivity contribution >= 4 is 5.91 Å². The molecule has 4 heteroatoms. The Bertz CT molecular complexity index is 164. The molecule has 1 fully saturated rings. The van der Waals surface area contributed by atoms with Gasteiger partial charge in [0, 0.05) is 6.54 Å². The van der Waals surface area contributed by atoms with E-state index in [1.807, 2.05) is 0 Å². The Labute approximate surface area is 72.7 Å². The highest BCUT2D eigenvalue weighted by Gasteiger charge is 2.33. The maximum Gasteiger partial charge on any atom is 0.234 e. The van der Waals surface area contributed by atoms with E-state index < -0.39 is 0 Å². The molecule has 1 aliphatic carbocycles. The van der Waals surface area contributed by atoms with Crippen molar-refractivity contribution in [1.82, 2.24) is 5.32 Å². The first-order valence-electron chi connectivity index (χ1n) is 4.43. The first kappa shape index (κ1) is 9.48. The van der Waals surface area contributed by atoms with Gasteiger partial charge in [0.25, 0.3) is 0 Å². The summed E-state index contributed by atoms with van der Waals surface area (Å²) < 4.78 is 0. The van der Waals surface area contributed by atoms with E-state index >= 15 is 0 Å². The summed E-state index contributed by atoms with van der Waals surface area (Å²) in [6.07, 6.45) is 4.30. The molecule has 1 amide bonds. The molecule has 1 aliphatic rings. The molecule has 1 saturated carbocycles. The summed E-state index contributed by atoms with van der Waals surface area (Å²) in [5.74, 6) is -0.0950. The number of amides is 1. The smallest absolute Gasteiger partial charge is 0.234 e. The predicted molar refractivity (Wildman–Crippen MR) is 47.5 cm³/mol. The molecule has 0 aliphatic heterocycles. The summed E-state index contributed by atoms with van der Waals surface area (Å²) in [5, 5.41) is 2.90. The van der Waals surface area contributed by atoms with E-state index in [1.54, 1.807) is 0 Å². The lowest BCUT2D eigenvalue weighted by molar-refractivity contribution is -0.121. The van der Waals surface area contributed by atoms with E-state index in [-0.39, 0.29) is 18.0 Å². The number of hydrogen-bond donors (Lipinski definition) is 3. The zero-order chi connectivity index (χ0) is 9.03. The van der Waals surface area contributed by atoms with Crippen molar-refractivity contribution in [2.75, 3.05) is 13.1 Å². The second-order valence-corrected chi connectivity index (χ2v) is 3.44. The first-order valence-corrected chi connectivity index (χ1v) is 4.43. The summed E-state index contributed by atoms with van der Waals surface area (Å²) in [4.78, 5) is 11.0. The Balaban J connectivity index is 2.49. The average molecular weight is 171 g/mol. The third kappa shape index (κ3) is 1.95. The molecule has 0 heterocycles.